The summed E-state index contributed by atoms with van der Waals surface area (Å²) in [4.78, 5) is 13.6. The van der Waals surface area contributed by atoms with E-state index in [1.54, 1.807) is 11.3 Å². The van der Waals surface area contributed by atoms with Gasteiger partial charge < -0.3 is 19.9 Å². The third-order valence-corrected chi connectivity index (χ3v) is 5.02. The van der Waals surface area contributed by atoms with Crippen LogP contribution in [0.25, 0.3) is 0 Å². The predicted molar refractivity (Wildman–Crippen MR) is 89.0 cm³/mol. The van der Waals surface area contributed by atoms with Gasteiger partial charge in [0, 0.05) is 17.7 Å². The number of urea groups is 1. The normalized spacial score (nSPS) is 18.3. The molecule has 23 heavy (non-hydrogen) atoms. The number of aryl methyl sites for hydroxylation is 2. The van der Waals surface area contributed by atoms with E-state index >= 15 is 0 Å². The molecule has 3 heterocycles. The molecule has 2 atom stereocenters. The molecule has 0 aliphatic carbocycles. The Morgan fingerprint density at radius 1 is 1.57 bits per heavy atom. The fourth-order valence-corrected chi connectivity index (χ4v) is 3.74. The molecule has 0 radical (unpaired) electrons. The summed E-state index contributed by atoms with van der Waals surface area (Å²) in [5.41, 5.74) is 2.51. The van der Waals surface area contributed by atoms with Crippen LogP contribution in [0.5, 0.6) is 0 Å². The van der Waals surface area contributed by atoms with Crippen LogP contribution in [0.1, 0.15) is 41.8 Å². The molecule has 1 aliphatic heterocycles. The van der Waals surface area contributed by atoms with Crippen molar-refractivity contribution in [2.75, 3.05) is 11.9 Å². The van der Waals surface area contributed by atoms with Crippen LogP contribution in [0.4, 0.5) is 10.5 Å². The van der Waals surface area contributed by atoms with Crippen LogP contribution in [0.2, 0.25) is 0 Å². The van der Waals surface area contributed by atoms with Crippen LogP contribution in [0, 0.1) is 6.92 Å². The van der Waals surface area contributed by atoms with E-state index in [1.807, 2.05) is 20.8 Å². The maximum atomic E-state index is 12.3. The first-order valence-corrected chi connectivity index (χ1v) is 8.68. The van der Waals surface area contributed by atoms with Crippen LogP contribution in [0.3, 0.4) is 0 Å². The molecule has 0 spiro atoms. The van der Waals surface area contributed by atoms with E-state index in [-0.39, 0.29) is 18.2 Å². The molecule has 0 saturated heterocycles. The van der Waals surface area contributed by atoms with E-state index in [2.05, 4.69) is 27.2 Å². The summed E-state index contributed by atoms with van der Waals surface area (Å²) in [5, 5.41) is 11.8. The van der Waals surface area contributed by atoms with Crippen LogP contribution >= 0.6 is 11.3 Å². The molecule has 6 nitrogen and oxygen atoms in total. The van der Waals surface area contributed by atoms with Crippen LogP contribution in [-0.4, -0.2) is 23.8 Å². The SMILES string of the molecule is CCc1onc(C)c1NC(=O)N[C@H](C)[C@H]1OCCc2sccc21. The highest BCUT2D eigenvalue weighted by Crippen LogP contribution is 2.33. The van der Waals surface area contributed by atoms with E-state index in [0.29, 0.717) is 30.2 Å². The first-order valence-electron chi connectivity index (χ1n) is 7.80. The molecule has 2 aromatic rings. The second-order valence-corrected chi connectivity index (χ2v) is 6.65. The maximum absolute atomic E-state index is 12.3. The van der Waals surface area contributed by atoms with Gasteiger partial charge in [-0.2, -0.15) is 0 Å². The third kappa shape index (κ3) is 3.25. The van der Waals surface area contributed by atoms with Gasteiger partial charge in [0.15, 0.2) is 5.76 Å². The monoisotopic (exact) mass is 335 g/mol. The predicted octanol–water partition coefficient (Wildman–Crippen LogP) is 3.43. The van der Waals surface area contributed by atoms with E-state index < -0.39 is 0 Å². The molecule has 3 rings (SSSR count). The van der Waals surface area contributed by atoms with Gasteiger partial charge in [-0.3, -0.25) is 0 Å². The fourth-order valence-electron chi connectivity index (χ4n) is 2.84. The van der Waals surface area contributed by atoms with Gasteiger partial charge in [0.1, 0.15) is 17.5 Å². The summed E-state index contributed by atoms with van der Waals surface area (Å²) in [6, 6.07) is 1.68. The van der Waals surface area contributed by atoms with Gasteiger partial charge >= 0.3 is 6.03 Å². The minimum Gasteiger partial charge on any atom is -0.371 e. The lowest BCUT2D eigenvalue weighted by atomic mass is 10.0. The second-order valence-electron chi connectivity index (χ2n) is 5.65. The number of hydrogen-bond donors (Lipinski definition) is 2. The molecule has 2 aromatic heterocycles. The van der Waals surface area contributed by atoms with Gasteiger partial charge in [0.05, 0.1) is 12.6 Å². The number of thiophene rings is 1. The van der Waals surface area contributed by atoms with E-state index in [1.165, 1.54) is 10.4 Å². The molecule has 1 aliphatic rings. The van der Waals surface area contributed by atoms with Crippen molar-refractivity contribution in [1.29, 1.82) is 0 Å². The number of aromatic nitrogens is 1. The van der Waals surface area contributed by atoms with Crippen molar-refractivity contribution in [3.8, 4) is 0 Å². The minimum absolute atomic E-state index is 0.107. The number of hydrogen-bond acceptors (Lipinski definition) is 5. The summed E-state index contributed by atoms with van der Waals surface area (Å²) in [5.74, 6) is 0.680. The lowest BCUT2D eigenvalue weighted by molar-refractivity contribution is 0.0238. The van der Waals surface area contributed by atoms with Crippen LogP contribution in [-0.2, 0) is 17.6 Å². The number of anilines is 1. The molecule has 2 N–H and O–H groups in total. The molecular formula is C16H21N3O3S. The average Bonchev–Trinajstić information content (AvgIpc) is 3.14. The number of carbonyl (C=O) groups excluding carboxylic acids is 1. The minimum atomic E-state index is -0.274. The van der Waals surface area contributed by atoms with Crippen LogP contribution in [0.15, 0.2) is 16.0 Å². The maximum Gasteiger partial charge on any atom is 0.319 e. The van der Waals surface area contributed by atoms with Gasteiger partial charge in [-0.25, -0.2) is 4.79 Å². The number of nitrogens with zero attached hydrogens (tertiary/aromatic N) is 1. The molecule has 0 aromatic carbocycles. The molecule has 2 amide bonds. The zero-order valence-corrected chi connectivity index (χ0v) is 14.3. The molecule has 7 heteroatoms. The Hall–Kier alpha value is -1.86. The second kappa shape index (κ2) is 6.72. The lowest BCUT2D eigenvalue weighted by Crippen LogP contribution is -2.41. The number of rotatable bonds is 4. The smallest absolute Gasteiger partial charge is 0.319 e. The molecular weight excluding hydrogens is 314 g/mol. The Kier molecular flexibility index (Phi) is 4.68. The summed E-state index contributed by atoms with van der Waals surface area (Å²) in [6.45, 7) is 6.41. The van der Waals surface area contributed by atoms with Crippen molar-refractivity contribution >= 4 is 23.1 Å². The number of nitrogens with one attached hydrogen (secondary N) is 2. The van der Waals surface area contributed by atoms with Crippen molar-refractivity contribution in [2.24, 2.45) is 0 Å². The average molecular weight is 335 g/mol. The Morgan fingerprint density at radius 3 is 3.17 bits per heavy atom. The number of amides is 2. The first-order chi connectivity index (χ1) is 11.1. The highest BCUT2D eigenvalue weighted by molar-refractivity contribution is 7.10. The zero-order chi connectivity index (χ0) is 16.4. The van der Waals surface area contributed by atoms with Gasteiger partial charge in [0.25, 0.3) is 0 Å². The molecule has 0 unspecified atom stereocenters. The fraction of sp³-hybridized carbons (Fsp3) is 0.500. The Labute approximate surface area is 139 Å². The van der Waals surface area contributed by atoms with Crippen molar-refractivity contribution in [3.63, 3.8) is 0 Å². The summed E-state index contributed by atoms with van der Waals surface area (Å²) in [7, 11) is 0. The Bertz CT molecular complexity index is 695. The molecule has 124 valence electrons. The Balaban J connectivity index is 1.66. The molecule has 0 bridgehead atoms. The topological polar surface area (TPSA) is 76.4 Å². The molecule has 0 fully saturated rings. The number of ether oxygens (including phenoxy) is 1. The largest absolute Gasteiger partial charge is 0.371 e. The van der Waals surface area contributed by atoms with Crippen molar-refractivity contribution < 1.29 is 14.1 Å². The summed E-state index contributed by atoms with van der Waals surface area (Å²) in [6.07, 6.45) is 1.52. The zero-order valence-electron chi connectivity index (χ0n) is 13.5. The highest BCUT2D eigenvalue weighted by Gasteiger charge is 2.28. The van der Waals surface area contributed by atoms with E-state index in [0.717, 1.165) is 6.42 Å². The van der Waals surface area contributed by atoms with Gasteiger partial charge in [-0.15, -0.1) is 11.3 Å². The van der Waals surface area contributed by atoms with Gasteiger partial charge in [-0.05, 0) is 30.9 Å². The standard InChI is InChI=1S/C16H21N3O3S/c1-4-12-14(9(2)19-22-12)18-16(20)17-10(3)15-11-6-8-23-13(11)5-7-21-15/h6,8,10,15H,4-5,7H2,1-3H3,(H2,17,18,20)/t10-,15-/m1/s1. The highest BCUT2D eigenvalue weighted by atomic mass is 32.1. The quantitative estimate of drug-likeness (QED) is 0.897. The van der Waals surface area contributed by atoms with Crippen molar-refractivity contribution in [1.82, 2.24) is 10.5 Å². The first kappa shape index (κ1) is 16.0. The van der Waals surface area contributed by atoms with E-state index in [9.17, 15) is 4.79 Å². The number of fused-ring (bicyclic) bond motifs is 1. The van der Waals surface area contributed by atoms with Crippen molar-refractivity contribution in [3.05, 3.63) is 33.3 Å². The van der Waals surface area contributed by atoms with Crippen LogP contribution < -0.4 is 10.6 Å². The van der Waals surface area contributed by atoms with Gasteiger partial charge in [-0.1, -0.05) is 12.1 Å². The summed E-state index contributed by atoms with van der Waals surface area (Å²) >= 11 is 1.75. The summed E-state index contributed by atoms with van der Waals surface area (Å²) < 4.78 is 11.0. The van der Waals surface area contributed by atoms with Gasteiger partial charge in [0.2, 0.25) is 0 Å². The third-order valence-electron chi connectivity index (χ3n) is 4.02. The Morgan fingerprint density at radius 2 is 2.39 bits per heavy atom. The molecule has 0 saturated carbocycles. The van der Waals surface area contributed by atoms with Crippen molar-refractivity contribution in [2.45, 2.75) is 45.8 Å². The number of carbonyl (C=O) groups is 1. The lowest BCUT2D eigenvalue weighted by Gasteiger charge is -2.29. The van der Waals surface area contributed by atoms with E-state index in [4.69, 9.17) is 9.26 Å².